The summed E-state index contributed by atoms with van der Waals surface area (Å²) in [5, 5.41) is 4.91. The molecule has 1 aliphatic rings. The second kappa shape index (κ2) is 3.90. The summed E-state index contributed by atoms with van der Waals surface area (Å²) in [5.41, 5.74) is 3.89. The number of nitrogens with one attached hydrogen (secondary N) is 2. The van der Waals surface area contributed by atoms with Crippen LogP contribution in [0.1, 0.15) is 24.1 Å². The van der Waals surface area contributed by atoms with Gasteiger partial charge in [-0.05, 0) is 47.3 Å². The van der Waals surface area contributed by atoms with Crippen molar-refractivity contribution in [2.75, 3.05) is 0 Å². The molecule has 0 amide bonds. The van der Waals surface area contributed by atoms with Crippen LogP contribution in [0.5, 0.6) is 0 Å². The molecule has 0 radical (unpaired) electrons. The molecule has 1 fully saturated rings. The zero-order valence-electron chi connectivity index (χ0n) is 9.31. The minimum absolute atomic E-state index is 0.761. The number of fused-ring (bicyclic) bond motifs is 1. The van der Waals surface area contributed by atoms with Gasteiger partial charge in [0.25, 0.3) is 0 Å². The molecule has 0 bridgehead atoms. The summed E-state index contributed by atoms with van der Waals surface area (Å²) in [6.45, 7) is 3.13. The molecule has 3 rings (SSSR count). The average molecular weight is 279 g/mol. The molecule has 16 heavy (non-hydrogen) atoms. The van der Waals surface area contributed by atoms with Crippen molar-refractivity contribution in [3.05, 3.63) is 33.9 Å². The molecule has 0 spiro atoms. The highest BCUT2D eigenvalue weighted by Gasteiger charge is 2.21. The predicted molar refractivity (Wildman–Crippen MR) is 70.6 cm³/mol. The van der Waals surface area contributed by atoms with Crippen LogP contribution in [-0.4, -0.2) is 11.0 Å². The first-order valence-corrected chi connectivity index (χ1v) is 6.54. The van der Waals surface area contributed by atoms with Crippen LogP contribution in [0.3, 0.4) is 0 Å². The van der Waals surface area contributed by atoms with Gasteiger partial charge >= 0.3 is 0 Å². The Balaban J connectivity index is 2.00. The number of para-hydroxylation sites is 1. The Hall–Kier alpha value is -0.800. The van der Waals surface area contributed by atoms with Gasteiger partial charge in [-0.1, -0.05) is 12.1 Å². The van der Waals surface area contributed by atoms with Crippen LogP contribution < -0.4 is 5.32 Å². The number of aromatic nitrogens is 1. The van der Waals surface area contributed by atoms with Gasteiger partial charge in [-0.25, -0.2) is 0 Å². The molecule has 1 aromatic carbocycles. The second-order valence-electron chi connectivity index (χ2n) is 4.55. The third-order valence-corrected chi connectivity index (χ3v) is 3.91. The standard InChI is InChI=1S/C13H15BrN2/c1-8-11(7-15-9-5-6-9)10-3-2-4-12(14)13(10)16-8/h2-4,9,15-16H,5-7H2,1H3. The first-order valence-electron chi connectivity index (χ1n) is 5.75. The molecule has 2 N–H and O–H groups in total. The largest absolute Gasteiger partial charge is 0.357 e. The van der Waals surface area contributed by atoms with Crippen LogP contribution in [0.25, 0.3) is 10.9 Å². The molecule has 2 aromatic rings. The predicted octanol–water partition coefficient (Wildman–Crippen LogP) is 3.49. The van der Waals surface area contributed by atoms with Crippen LogP contribution in [0.15, 0.2) is 22.7 Å². The third kappa shape index (κ3) is 1.78. The number of aryl methyl sites for hydroxylation is 1. The fourth-order valence-corrected chi connectivity index (χ4v) is 2.59. The molecule has 2 nitrogen and oxygen atoms in total. The van der Waals surface area contributed by atoms with E-state index in [1.165, 1.54) is 35.0 Å². The Morgan fingerprint density at radius 3 is 3.00 bits per heavy atom. The number of halogens is 1. The van der Waals surface area contributed by atoms with E-state index in [-0.39, 0.29) is 0 Å². The van der Waals surface area contributed by atoms with Crippen molar-refractivity contribution >= 4 is 26.8 Å². The van der Waals surface area contributed by atoms with Gasteiger partial charge in [-0.3, -0.25) is 0 Å². The zero-order chi connectivity index (χ0) is 11.1. The van der Waals surface area contributed by atoms with Crippen molar-refractivity contribution in [2.45, 2.75) is 32.4 Å². The lowest BCUT2D eigenvalue weighted by Gasteiger charge is -2.03. The van der Waals surface area contributed by atoms with Crippen molar-refractivity contribution in [3.63, 3.8) is 0 Å². The van der Waals surface area contributed by atoms with Crippen LogP contribution in [0.4, 0.5) is 0 Å². The van der Waals surface area contributed by atoms with Crippen molar-refractivity contribution in [1.29, 1.82) is 0 Å². The molecule has 84 valence electrons. The lowest BCUT2D eigenvalue weighted by Crippen LogP contribution is -2.15. The Kier molecular flexibility index (Phi) is 2.52. The first kappa shape index (κ1) is 10.4. The topological polar surface area (TPSA) is 27.8 Å². The number of benzene rings is 1. The van der Waals surface area contributed by atoms with Gasteiger partial charge in [0.1, 0.15) is 0 Å². The van der Waals surface area contributed by atoms with Gasteiger partial charge in [-0.2, -0.15) is 0 Å². The van der Waals surface area contributed by atoms with Gasteiger partial charge < -0.3 is 10.3 Å². The van der Waals surface area contributed by atoms with Gasteiger partial charge in [0.15, 0.2) is 0 Å². The van der Waals surface area contributed by atoms with Gasteiger partial charge in [0, 0.05) is 28.1 Å². The van der Waals surface area contributed by atoms with E-state index >= 15 is 0 Å². The maximum atomic E-state index is 3.59. The third-order valence-electron chi connectivity index (χ3n) is 3.25. The molecular formula is C13H15BrN2. The van der Waals surface area contributed by atoms with Crippen LogP contribution >= 0.6 is 15.9 Å². The SMILES string of the molecule is Cc1[nH]c2c(Br)cccc2c1CNC1CC1. The summed E-state index contributed by atoms with van der Waals surface area (Å²) in [5.74, 6) is 0. The highest BCUT2D eigenvalue weighted by molar-refractivity contribution is 9.10. The molecule has 0 unspecified atom stereocenters. The Morgan fingerprint density at radius 2 is 2.25 bits per heavy atom. The molecule has 0 saturated heterocycles. The minimum atomic E-state index is 0.761. The van der Waals surface area contributed by atoms with Crippen LogP contribution in [0.2, 0.25) is 0 Å². The summed E-state index contributed by atoms with van der Waals surface area (Å²) in [7, 11) is 0. The van der Waals surface area contributed by atoms with Crippen molar-refractivity contribution in [2.24, 2.45) is 0 Å². The van der Waals surface area contributed by atoms with E-state index in [2.05, 4.69) is 51.4 Å². The van der Waals surface area contributed by atoms with Gasteiger partial charge in [0.05, 0.1) is 5.52 Å². The molecule has 1 aromatic heterocycles. The van der Waals surface area contributed by atoms with Crippen molar-refractivity contribution < 1.29 is 0 Å². The maximum Gasteiger partial charge on any atom is 0.0603 e. The fourth-order valence-electron chi connectivity index (χ4n) is 2.13. The summed E-state index contributed by atoms with van der Waals surface area (Å²) in [4.78, 5) is 3.45. The molecule has 0 aliphatic heterocycles. The number of hydrogen-bond acceptors (Lipinski definition) is 1. The van der Waals surface area contributed by atoms with Gasteiger partial charge in [-0.15, -0.1) is 0 Å². The lowest BCUT2D eigenvalue weighted by molar-refractivity contribution is 0.688. The molecule has 1 saturated carbocycles. The average Bonchev–Trinajstić information content (AvgIpc) is 3.02. The van der Waals surface area contributed by atoms with E-state index < -0.39 is 0 Å². The van der Waals surface area contributed by atoms with Gasteiger partial charge in [0.2, 0.25) is 0 Å². The molecule has 3 heteroatoms. The number of rotatable bonds is 3. The summed E-state index contributed by atoms with van der Waals surface area (Å²) < 4.78 is 1.14. The quantitative estimate of drug-likeness (QED) is 0.884. The molecular weight excluding hydrogens is 264 g/mol. The smallest absolute Gasteiger partial charge is 0.0603 e. The summed E-state index contributed by atoms with van der Waals surface area (Å²) in [6, 6.07) is 7.13. The van der Waals surface area contributed by atoms with Crippen molar-refractivity contribution in [3.8, 4) is 0 Å². The highest BCUT2D eigenvalue weighted by atomic mass is 79.9. The Morgan fingerprint density at radius 1 is 1.44 bits per heavy atom. The summed E-state index contributed by atoms with van der Waals surface area (Å²) in [6.07, 6.45) is 2.68. The number of hydrogen-bond donors (Lipinski definition) is 2. The normalized spacial score (nSPS) is 15.9. The minimum Gasteiger partial charge on any atom is -0.357 e. The van der Waals surface area contributed by atoms with E-state index in [0.29, 0.717) is 0 Å². The maximum absolute atomic E-state index is 3.59. The first-order chi connectivity index (χ1) is 7.75. The molecule has 1 heterocycles. The van der Waals surface area contributed by atoms with Crippen molar-refractivity contribution in [1.82, 2.24) is 10.3 Å². The molecule has 1 aliphatic carbocycles. The molecule has 0 atom stereocenters. The Bertz CT molecular complexity index is 526. The number of aromatic amines is 1. The fraction of sp³-hybridized carbons (Fsp3) is 0.385. The number of H-pyrrole nitrogens is 1. The monoisotopic (exact) mass is 278 g/mol. The highest BCUT2D eigenvalue weighted by Crippen LogP contribution is 2.29. The van der Waals surface area contributed by atoms with E-state index in [1.54, 1.807) is 0 Å². The van der Waals surface area contributed by atoms with E-state index in [9.17, 15) is 0 Å². The zero-order valence-corrected chi connectivity index (χ0v) is 10.9. The van der Waals surface area contributed by atoms with Crippen LogP contribution in [-0.2, 0) is 6.54 Å². The lowest BCUT2D eigenvalue weighted by atomic mass is 10.1. The van der Waals surface area contributed by atoms with E-state index in [0.717, 1.165) is 17.1 Å². The second-order valence-corrected chi connectivity index (χ2v) is 5.40. The summed E-state index contributed by atoms with van der Waals surface area (Å²) >= 11 is 3.59. The van der Waals surface area contributed by atoms with E-state index in [1.807, 2.05) is 0 Å². The Labute approximate surface area is 104 Å². The van der Waals surface area contributed by atoms with E-state index in [4.69, 9.17) is 0 Å². The van der Waals surface area contributed by atoms with Crippen LogP contribution in [0, 0.1) is 6.92 Å².